The number of hydrogen-bond donors (Lipinski definition) is 0. The molecule has 0 fully saturated rings. The average Bonchev–Trinajstić information content (AvgIpc) is 1.62. The monoisotopic (exact) mass is 1720 g/mol. The van der Waals surface area contributed by atoms with Crippen LogP contribution >= 0.6 is 19.8 Å². The van der Waals surface area contributed by atoms with Gasteiger partial charge in [0.2, 0.25) is 0 Å². The first-order chi connectivity index (χ1) is 61.6. The molecular weight excluding hydrogens is 1650 g/mol. The number of imidazole rings is 3. The summed E-state index contributed by atoms with van der Waals surface area (Å²) in [6, 6.07) is 151. The van der Waals surface area contributed by atoms with Crippen LogP contribution in [0.1, 0.15) is 0 Å². The summed E-state index contributed by atoms with van der Waals surface area (Å²) in [5.41, 5.74) is 12.3. The average molecular weight is 1720 g/mol. The Kier molecular flexibility index (Phi) is 17.6. The molecule has 0 aliphatic rings. The summed E-state index contributed by atoms with van der Waals surface area (Å²) < 4.78 is 37.6. The van der Waals surface area contributed by atoms with Crippen molar-refractivity contribution in [3.05, 3.63) is 437 Å². The summed E-state index contributed by atoms with van der Waals surface area (Å²) in [6.07, 6.45) is 0. The Morgan fingerprint density at radius 1 is 0.200 bits per heavy atom. The first kappa shape index (κ1) is 74.3. The minimum atomic E-state index is -3.19. The number of nitrogens with zero attached hydrogens (tertiary/aromatic N) is 7. The van der Waals surface area contributed by atoms with Gasteiger partial charge in [-0.3, -0.25) is 8.80 Å². The molecule has 7 aromatic heterocycles. The molecule has 0 amide bonds. The van der Waals surface area contributed by atoms with E-state index in [4.69, 9.17) is 19.9 Å². The number of fused-ring (bicyclic) bond motifs is 31. The summed E-state index contributed by atoms with van der Waals surface area (Å²) >= 11 is 3.73. The van der Waals surface area contributed by atoms with Crippen molar-refractivity contribution < 1.29 is 9.13 Å². The second-order valence-electron chi connectivity index (χ2n) is 32.1. The van der Waals surface area contributed by atoms with E-state index in [-0.39, 0.29) is 0 Å². The number of pyridine rings is 4. The van der Waals surface area contributed by atoms with Crippen LogP contribution in [0.2, 0.25) is 0 Å². The molecule has 0 spiro atoms. The maximum atomic E-state index is 15.5. The molecule has 19 aromatic carbocycles. The molecule has 0 N–H and O–H groups in total. The van der Waals surface area contributed by atoms with Gasteiger partial charge in [0.1, 0.15) is 11.3 Å². The summed E-state index contributed by atoms with van der Waals surface area (Å²) in [7, 11) is -6.29. The van der Waals surface area contributed by atoms with Gasteiger partial charge in [0.05, 0.1) is 33.1 Å². The predicted octanol–water partition coefficient (Wildman–Crippen LogP) is 24.2. The van der Waals surface area contributed by atoms with Crippen molar-refractivity contribution in [3.63, 3.8) is 0 Å². The van der Waals surface area contributed by atoms with Crippen molar-refractivity contribution in [3.8, 4) is 0 Å². The summed E-state index contributed by atoms with van der Waals surface area (Å²) in [6.45, 7) is 0. The van der Waals surface area contributed by atoms with Crippen LogP contribution in [0.15, 0.2) is 437 Å². The molecule has 0 saturated carbocycles. The van der Waals surface area contributed by atoms with Crippen LogP contribution < -0.4 is 47.7 Å². The van der Waals surface area contributed by atoms with Crippen LogP contribution in [0.25, 0.3) is 169 Å². The van der Waals surface area contributed by atoms with E-state index in [1.807, 2.05) is 146 Å². The van der Waals surface area contributed by atoms with Crippen molar-refractivity contribution in [1.29, 1.82) is 0 Å². The summed E-state index contributed by atoms with van der Waals surface area (Å²) in [4.78, 5) is 20.8. The Balaban J connectivity index is 0.000000105. The number of hydrogen-bond acceptors (Lipinski definition) is 6. The molecule has 0 radical (unpaired) electrons. The van der Waals surface area contributed by atoms with E-state index >= 15 is 9.13 Å². The molecule has 9 nitrogen and oxygen atoms in total. The first-order valence-electron chi connectivity index (χ1n) is 42.0. The van der Waals surface area contributed by atoms with Gasteiger partial charge in [-0.15, -0.1) is 0 Å². The molecule has 0 aliphatic carbocycles. The molecule has 0 saturated heterocycles. The van der Waals surface area contributed by atoms with Crippen LogP contribution in [-0.4, -0.2) is 48.2 Å². The zero-order chi connectivity index (χ0) is 83.1. The van der Waals surface area contributed by atoms with E-state index in [1.54, 1.807) is 0 Å². The maximum absolute atomic E-state index is 15.5. The molecule has 13 heteroatoms. The molecule has 26 aromatic rings. The van der Waals surface area contributed by atoms with Crippen molar-refractivity contribution in [2.24, 2.45) is 0 Å². The topological polar surface area (TPSA) is 98.9 Å². The number of rotatable bonds is 9. The second-order valence-corrected chi connectivity index (χ2v) is 43.7. The second kappa shape index (κ2) is 29.6. The van der Waals surface area contributed by atoms with Crippen LogP contribution in [0, 0.1) is 0 Å². The zero-order valence-electron chi connectivity index (χ0n) is 67.3. The van der Waals surface area contributed by atoms with Gasteiger partial charge in [-0.1, -0.05) is 249 Å². The van der Waals surface area contributed by atoms with Crippen molar-refractivity contribution >= 4 is 252 Å². The van der Waals surface area contributed by atoms with Crippen LogP contribution in [0.3, 0.4) is 0 Å². The van der Waals surface area contributed by atoms with E-state index in [2.05, 4.69) is 319 Å². The molecule has 0 unspecified atom stereocenters. The first-order valence-corrected chi connectivity index (χ1v) is 49.4. The van der Waals surface area contributed by atoms with E-state index < -0.39 is 19.8 Å². The fraction of sp³-hybridized carbons (Fsp3) is 0. The molecule has 588 valence electrons. The number of benzene rings is 19. The molecule has 0 aliphatic heterocycles. The van der Waals surface area contributed by atoms with E-state index in [0.29, 0.717) is 0 Å². The van der Waals surface area contributed by atoms with Gasteiger partial charge in [0.15, 0.2) is 14.3 Å². The van der Waals surface area contributed by atoms with Gasteiger partial charge in [0, 0.05) is 53.4 Å². The summed E-state index contributed by atoms with van der Waals surface area (Å²) in [5, 5.41) is 28.1. The van der Waals surface area contributed by atoms with Gasteiger partial charge < -0.3 is 9.13 Å². The zero-order valence-corrected chi connectivity index (χ0v) is 71.7. The summed E-state index contributed by atoms with van der Waals surface area (Å²) in [5.74, 6) is 0. The van der Waals surface area contributed by atoms with Crippen LogP contribution in [-0.2, 0) is 9.13 Å². The van der Waals surface area contributed by atoms with Gasteiger partial charge >= 0.3 is 234 Å². The third-order valence-electron chi connectivity index (χ3n) is 25.2. The number of aromatic nitrogens is 7. The molecule has 125 heavy (non-hydrogen) atoms. The van der Waals surface area contributed by atoms with Gasteiger partial charge in [-0.2, -0.15) is 0 Å². The Hall–Kier alpha value is -14.6. The molecule has 0 bridgehead atoms. The standard InChI is InChI=1S/2C39H25N2OP.C34H22N3PSe/c42-43(28-14-3-1-4-15-28,29-16-5-2-6-17-29)37-21-11-13-27-24-36-33(25-32(27)37)31-23-22-26-12-7-8-18-30(26)38(31)39-40-34-19-9-10-20-35(34)41(36)39;42-43(29-12-3-1-4-13-29,30-14-5-2-6-15-30)31-21-19-27-25-37-34(24-28(27)23-31)33-22-20-26-11-7-8-16-32(26)38(33)39-40-35-17-9-10-18-36(35)41(37)39;39-38(23-12-3-1-4-13-23,24-14-5-2-6-15-24)32-21-11-18-28-26(32)22-27-33(35-28)25-16-7-9-19-30(25)37-31-20-10-8-17-29(31)36-34(27)37/h2*1-25H;1-22H. The van der Waals surface area contributed by atoms with Crippen LogP contribution in [0.5, 0.6) is 0 Å². The normalized spacial score (nSPS) is 12.3. The minimum absolute atomic E-state index is 0.834. The fourth-order valence-electron chi connectivity index (χ4n) is 19.5. The SMILES string of the molecule is O=P(c1ccccc1)(c1ccccc1)c1ccc2cc3c(cc2c1)c1ccc2ccccc2c1c1nc2ccccc2n31.O=P(c1ccccc1)(c1ccccc1)c1cccc2cc3c(cc12)c1ccc2ccccc2c1c1nc2ccccc2n31.[Se]=P(c1ccccc1)(c1ccccc1)c1cccc2nc3c4ccccc4n4c5ccccc5nc4c3cc12. The quantitative estimate of drug-likeness (QED) is 0.0618. The Morgan fingerprint density at radius 2 is 0.576 bits per heavy atom. The number of para-hydroxylation sites is 7. The predicted molar refractivity (Wildman–Crippen MR) is 532 cm³/mol. The molecule has 26 rings (SSSR count). The fourth-order valence-corrected chi connectivity index (χ4v) is 30.4. The van der Waals surface area contributed by atoms with E-state index in [0.717, 1.165) is 179 Å². The van der Waals surface area contributed by atoms with Gasteiger partial charge in [-0.05, 0) is 108 Å². The van der Waals surface area contributed by atoms with Gasteiger partial charge in [0.25, 0.3) is 0 Å². The molecule has 0 atom stereocenters. The Bertz CT molecular complexity index is 8980. The van der Waals surface area contributed by atoms with E-state index in [1.165, 1.54) is 37.5 Å². The van der Waals surface area contributed by atoms with Crippen molar-refractivity contribution in [2.45, 2.75) is 0 Å². The van der Waals surface area contributed by atoms with Crippen molar-refractivity contribution in [1.82, 2.24) is 33.1 Å². The third kappa shape index (κ3) is 11.7. The molecular formula is C112H72N7O2P3Se. The van der Waals surface area contributed by atoms with Crippen LogP contribution in [0.4, 0.5) is 0 Å². The molecule has 7 heterocycles. The Labute approximate surface area is 725 Å². The van der Waals surface area contributed by atoms with Crippen molar-refractivity contribution in [2.75, 3.05) is 0 Å². The Morgan fingerprint density at radius 3 is 1.10 bits per heavy atom. The third-order valence-corrected chi connectivity index (χ3v) is 38.4. The van der Waals surface area contributed by atoms with Gasteiger partial charge in [-0.25, -0.2) is 9.97 Å². The van der Waals surface area contributed by atoms with E-state index in [9.17, 15) is 0 Å².